The fourth-order valence-electron chi connectivity index (χ4n) is 2.04. The van der Waals surface area contributed by atoms with E-state index in [2.05, 4.69) is 4.98 Å². The van der Waals surface area contributed by atoms with Crippen LogP contribution in [0.4, 0.5) is 8.78 Å². The van der Waals surface area contributed by atoms with Gasteiger partial charge in [0.1, 0.15) is 0 Å². The largest absolute Gasteiger partial charge is 0.280 e. The smallest absolute Gasteiger partial charge is 0.250 e. The number of alkyl halides is 4. The average Bonchev–Trinajstić information content (AvgIpc) is 2.25. The van der Waals surface area contributed by atoms with Gasteiger partial charge in [-0.15, -0.1) is 0 Å². The molecule has 0 radical (unpaired) electrons. The first-order valence-electron chi connectivity index (χ1n) is 5.60. The maximum Gasteiger partial charge on any atom is 0.280 e. The summed E-state index contributed by atoms with van der Waals surface area (Å²) in [6.45, 7) is 1.90. The zero-order chi connectivity index (χ0) is 13.4. The highest BCUT2D eigenvalue weighted by Crippen LogP contribution is 2.56. The Morgan fingerprint density at radius 3 is 2.56 bits per heavy atom. The lowest BCUT2D eigenvalue weighted by atomic mass is 9.86. The van der Waals surface area contributed by atoms with Crippen LogP contribution in [0.25, 0.3) is 0 Å². The van der Waals surface area contributed by atoms with Crippen molar-refractivity contribution in [2.45, 2.75) is 46.2 Å². The third-order valence-corrected chi connectivity index (χ3v) is 5.20. The third-order valence-electron chi connectivity index (χ3n) is 3.09. The van der Waals surface area contributed by atoms with Crippen LogP contribution in [0.1, 0.15) is 26.2 Å². The summed E-state index contributed by atoms with van der Waals surface area (Å²) >= 11 is 13.0. The normalized spacial score (nSPS) is 30.1. The van der Waals surface area contributed by atoms with Crippen LogP contribution in [0.15, 0.2) is 29.4 Å². The summed E-state index contributed by atoms with van der Waals surface area (Å²) in [4.78, 5) is 4.19. The minimum Gasteiger partial charge on any atom is -0.250 e. The molecule has 6 heteroatoms. The highest BCUT2D eigenvalue weighted by molar-refractivity contribution is 8.00. The molecule has 0 saturated heterocycles. The van der Waals surface area contributed by atoms with Gasteiger partial charge in [0.15, 0.2) is 4.33 Å². The Balaban J connectivity index is 2.14. The topological polar surface area (TPSA) is 12.9 Å². The van der Waals surface area contributed by atoms with Crippen molar-refractivity contribution in [3.63, 3.8) is 0 Å². The van der Waals surface area contributed by atoms with Crippen molar-refractivity contribution in [1.82, 2.24) is 4.98 Å². The fraction of sp³-hybridized carbons (Fsp3) is 0.583. The van der Waals surface area contributed by atoms with Gasteiger partial charge in [0.25, 0.3) is 5.92 Å². The molecule has 1 atom stereocenters. The molecule has 1 aromatic rings. The van der Waals surface area contributed by atoms with Gasteiger partial charge in [0.05, 0.1) is 5.03 Å². The number of halogens is 4. The van der Waals surface area contributed by atoms with E-state index in [4.69, 9.17) is 23.2 Å². The summed E-state index contributed by atoms with van der Waals surface area (Å²) < 4.78 is 24.7. The van der Waals surface area contributed by atoms with Crippen molar-refractivity contribution in [1.29, 1.82) is 0 Å². The molecule has 100 valence electrons. The predicted molar refractivity (Wildman–Crippen MR) is 71.7 cm³/mol. The molecule has 18 heavy (non-hydrogen) atoms. The Morgan fingerprint density at radius 2 is 2.00 bits per heavy atom. The first-order chi connectivity index (χ1) is 8.24. The van der Waals surface area contributed by atoms with Gasteiger partial charge >= 0.3 is 0 Å². The number of pyridine rings is 1. The first-order valence-corrected chi connectivity index (χ1v) is 7.17. The molecule has 2 rings (SSSR count). The molecule has 0 amide bonds. The van der Waals surface area contributed by atoms with Crippen molar-refractivity contribution in [2.24, 2.45) is 0 Å². The lowest BCUT2D eigenvalue weighted by Crippen LogP contribution is -2.49. The minimum absolute atomic E-state index is 0.0390. The van der Waals surface area contributed by atoms with E-state index in [0.717, 1.165) is 5.03 Å². The lowest BCUT2D eigenvalue weighted by Gasteiger charge is -2.43. The van der Waals surface area contributed by atoms with Crippen LogP contribution in [0.5, 0.6) is 0 Å². The highest BCUT2D eigenvalue weighted by atomic mass is 35.5. The second-order valence-corrected chi connectivity index (χ2v) is 7.90. The number of rotatable bonds is 2. The summed E-state index contributed by atoms with van der Waals surface area (Å²) in [6, 6.07) is 5.53. The van der Waals surface area contributed by atoms with Crippen molar-refractivity contribution in [2.75, 3.05) is 0 Å². The van der Waals surface area contributed by atoms with Gasteiger partial charge in [0, 0.05) is 23.8 Å². The second kappa shape index (κ2) is 4.80. The summed E-state index contributed by atoms with van der Waals surface area (Å²) in [6.07, 6.45) is 1.79. The molecular weight excluding hydrogens is 299 g/mol. The molecule has 1 fully saturated rings. The quantitative estimate of drug-likeness (QED) is 0.719. The van der Waals surface area contributed by atoms with Crippen LogP contribution >= 0.6 is 35.0 Å². The van der Waals surface area contributed by atoms with Gasteiger partial charge in [-0.3, -0.25) is 0 Å². The van der Waals surface area contributed by atoms with Crippen molar-refractivity contribution < 1.29 is 8.78 Å². The van der Waals surface area contributed by atoms with Crippen LogP contribution in [0.3, 0.4) is 0 Å². The maximum atomic E-state index is 13.6. The molecule has 1 aliphatic carbocycles. The molecule has 1 unspecified atom stereocenters. The Kier molecular flexibility index (Phi) is 3.83. The zero-order valence-corrected chi connectivity index (χ0v) is 12.1. The second-order valence-electron chi connectivity index (χ2n) is 4.81. The SMILES string of the molecule is CC1(Sc2ccccn2)CCC(F)(F)C(Cl)(Cl)C1. The van der Waals surface area contributed by atoms with Gasteiger partial charge in [-0.25, -0.2) is 13.8 Å². The summed E-state index contributed by atoms with van der Waals surface area (Å²) in [7, 11) is 0. The zero-order valence-electron chi connectivity index (χ0n) is 9.80. The van der Waals surface area contributed by atoms with E-state index in [1.54, 1.807) is 6.20 Å². The van der Waals surface area contributed by atoms with Crippen LogP contribution in [-0.2, 0) is 0 Å². The van der Waals surface area contributed by atoms with Crippen molar-refractivity contribution in [3.05, 3.63) is 24.4 Å². The van der Waals surface area contributed by atoms with E-state index in [1.807, 2.05) is 25.1 Å². The molecule has 0 bridgehead atoms. The number of hydrogen-bond acceptors (Lipinski definition) is 2. The van der Waals surface area contributed by atoms with E-state index in [-0.39, 0.29) is 12.8 Å². The fourth-order valence-corrected chi connectivity index (χ4v) is 4.23. The van der Waals surface area contributed by atoms with E-state index in [9.17, 15) is 8.78 Å². The monoisotopic (exact) mass is 311 g/mol. The van der Waals surface area contributed by atoms with Crippen LogP contribution in [0.2, 0.25) is 0 Å². The molecule has 1 saturated carbocycles. The van der Waals surface area contributed by atoms with Gasteiger partial charge < -0.3 is 0 Å². The van der Waals surface area contributed by atoms with Gasteiger partial charge in [-0.2, -0.15) is 0 Å². The van der Waals surface area contributed by atoms with Gasteiger partial charge in [-0.1, -0.05) is 41.0 Å². The van der Waals surface area contributed by atoms with Crippen LogP contribution in [-0.4, -0.2) is 20.0 Å². The van der Waals surface area contributed by atoms with Crippen molar-refractivity contribution in [3.8, 4) is 0 Å². The Bertz CT molecular complexity index is 427. The van der Waals surface area contributed by atoms with Crippen LogP contribution < -0.4 is 0 Å². The number of thioether (sulfide) groups is 1. The number of hydrogen-bond donors (Lipinski definition) is 0. The average molecular weight is 312 g/mol. The summed E-state index contributed by atoms with van der Waals surface area (Å²) in [5, 5.41) is 0.800. The molecule has 0 aliphatic heterocycles. The van der Waals surface area contributed by atoms with E-state index >= 15 is 0 Å². The van der Waals surface area contributed by atoms with Crippen LogP contribution in [0, 0.1) is 0 Å². The Morgan fingerprint density at radius 1 is 1.28 bits per heavy atom. The third kappa shape index (κ3) is 2.91. The molecular formula is C12H13Cl2F2NS. The van der Waals surface area contributed by atoms with Gasteiger partial charge in [-0.05, 0) is 25.5 Å². The molecule has 0 N–H and O–H groups in total. The minimum atomic E-state index is -3.03. The Hall–Kier alpha value is -0.0600. The Labute approximate surface area is 119 Å². The first kappa shape index (κ1) is 14.4. The predicted octanol–water partition coefficient (Wildman–Crippen LogP) is 4.93. The maximum absolute atomic E-state index is 13.6. The molecule has 0 spiro atoms. The van der Waals surface area contributed by atoms with Crippen molar-refractivity contribution >= 4 is 35.0 Å². The summed E-state index contributed by atoms with van der Waals surface area (Å²) in [5.41, 5.74) is 0. The number of aromatic nitrogens is 1. The highest BCUT2D eigenvalue weighted by Gasteiger charge is 2.58. The molecule has 1 aliphatic rings. The molecule has 1 nitrogen and oxygen atoms in total. The standard InChI is InChI=1S/C12H13Cl2F2NS/c1-10(18-9-4-2-3-7-17-9)5-6-12(15,16)11(13,14)8-10/h2-4,7H,5-6,8H2,1H3. The van der Waals surface area contributed by atoms with E-state index < -0.39 is 15.0 Å². The molecule has 1 aromatic heterocycles. The summed E-state index contributed by atoms with van der Waals surface area (Å²) in [5.74, 6) is -3.03. The lowest BCUT2D eigenvalue weighted by molar-refractivity contribution is -0.0490. The van der Waals surface area contributed by atoms with E-state index in [1.165, 1.54) is 11.8 Å². The van der Waals surface area contributed by atoms with E-state index in [0.29, 0.717) is 6.42 Å². The molecule has 1 heterocycles. The molecule has 0 aromatic carbocycles. The van der Waals surface area contributed by atoms with Gasteiger partial charge in [0.2, 0.25) is 0 Å². The number of nitrogens with zero attached hydrogens (tertiary/aromatic N) is 1.